The SMILES string of the molecule is COc1cc(N=Nc2cccc(C)c2)ccc1Nc1nc(NCCO)nc(Nc2ccc3cc(C)cc(C)c3c2)n1. The molecule has 0 spiro atoms. The third-order valence-electron chi connectivity index (χ3n) is 6.31. The maximum absolute atomic E-state index is 9.31. The van der Waals surface area contributed by atoms with E-state index >= 15 is 0 Å². The number of nitrogens with zero attached hydrogens (tertiary/aromatic N) is 5. The fraction of sp³-hybridized carbons (Fsp3) is 0.194. The van der Waals surface area contributed by atoms with Crippen LogP contribution in [0.15, 0.2) is 83.0 Å². The summed E-state index contributed by atoms with van der Waals surface area (Å²) in [6, 6.07) is 23.7. The summed E-state index contributed by atoms with van der Waals surface area (Å²) in [5, 5.41) is 29.8. The minimum Gasteiger partial charge on any atom is -0.494 e. The van der Waals surface area contributed by atoms with Gasteiger partial charge in [-0.25, -0.2) is 0 Å². The van der Waals surface area contributed by atoms with Gasteiger partial charge in [-0.05, 0) is 79.1 Å². The maximum Gasteiger partial charge on any atom is 0.233 e. The fourth-order valence-electron chi connectivity index (χ4n) is 4.44. The van der Waals surface area contributed by atoms with E-state index in [9.17, 15) is 5.11 Å². The highest BCUT2D eigenvalue weighted by Crippen LogP contribution is 2.32. The van der Waals surface area contributed by atoms with Crippen molar-refractivity contribution in [1.82, 2.24) is 15.0 Å². The average Bonchev–Trinajstić information content (AvgIpc) is 2.96. The Balaban J connectivity index is 1.41. The first-order valence-electron chi connectivity index (χ1n) is 13.2. The minimum atomic E-state index is -0.0625. The monoisotopic (exact) mass is 548 g/mol. The zero-order chi connectivity index (χ0) is 28.8. The van der Waals surface area contributed by atoms with Crippen molar-refractivity contribution >= 4 is 51.4 Å². The molecule has 0 saturated heterocycles. The van der Waals surface area contributed by atoms with Crippen molar-refractivity contribution in [2.45, 2.75) is 20.8 Å². The molecule has 0 bridgehead atoms. The minimum absolute atomic E-state index is 0.0625. The van der Waals surface area contributed by atoms with E-state index in [0.29, 0.717) is 41.5 Å². The number of azo groups is 1. The molecule has 4 N–H and O–H groups in total. The molecule has 41 heavy (non-hydrogen) atoms. The van der Waals surface area contributed by atoms with E-state index in [1.807, 2.05) is 49.4 Å². The Bertz CT molecular complexity index is 1720. The van der Waals surface area contributed by atoms with E-state index in [1.165, 1.54) is 16.5 Å². The summed E-state index contributed by atoms with van der Waals surface area (Å²) in [5.41, 5.74) is 6.43. The van der Waals surface area contributed by atoms with Crippen molar-refractivity contribution < 1.29 is 9.84 Å². The Morgan fingerprint density at radius 3 is 2.27 bits per heavy atom. The molecule has 0 unspecified atom stereocenters. The highest BCUT2D eigenvalue weighted by atomic mass is 16.5. The second-order valence-electron chi connectivity index (χ2n) is 9.65. The van der Waals surface area contributed by atoms with Gasteiger partial charge in [0.2, 0.25) is 17.8 Å². The summed E-state index contributed by atoms with van der Waals surface area (Å²) in [7, 11) is 1.58. The van der Waals surface area contributed by atoms with Gasteiger partial charge in [0.15, 0.2) is 0 Å². The molecule has 0 aliphatic heterocycles. The summed E-state index contributed by atoms with van der Waals surface area (Å²) in [4.78, 5) is 13.5. The standard InChI is InChI=1S/C31H32N8O2/c1-19-6-5-7-24(16-19)38-39-25-10-11-27(28(18-25)41-4)34-31-36-29(32-12-13-40)35-30(37-31)33-23-9-8-22-15-20(2)14-21(3)26(22)17-23/h5-11,14-18,40H,12-13H2,1-4H3,(H3,32,33,34,35,36,37). The number of aliphatic hydroxyl groups excluding tert-OH is 1. The number of nitrogens with one attached hydrogen (secondary N) is 3. The van der Waals surface area contributed by atoms with Crippen LogP contribution in [0.4, 0.5) is 40.6 Å². The molecule has 0 atom stereocenters. The van der Waals surface area contributed by atoms with Crippen LogP contribution >= 0.6 is 0 Å². The molecule has 5 aromatic rings. The van der Waals surface area contributed by atoms with Crippen molar-refractivity contribution in [2.24, 2.45) is 10.2 Å². The fourth-order valence-corrected chi connectivity index (χ4v) is 4.44. The van der Waals surface area contributed by atoms with Gasteiger partial charge in [0.25, 0.3) is 0 Å². The lowest BCUT2D eigenvalue weighted by atomic mass is 10.0. The number of hydrogen-bond acceptors (Lipinski definition) is 10. The van der Waals surface area contributed by atoms with Gasteiger partial charge in [-0.3, -0.25) is 0 Å². The molecular formula is C31H32N8O2. The van der Waals surface area contributed by atoms with Crippen LogP contribution in [0.2, 0.25) is 0 Å². The van der Waals surface area contributed by atoms with Crippen molar-refractivity contribution in [2.75, 3.05) is 36.2 Å². The van der Waals surface area contributed by atoms with Crippen LogP contribution in [-0.2, 0) is 0 Å². The molecule has 10 heteroatoms. The zero-order valence-corrected chi connectivity index (χ0v) is 23.4. The Kier molecular flexibility index (Phi) is 8.31. The second-order valence-corrected chi connectivity index (χ2v) is 9.65. The number of aryl methyl sites for hydroxylation is 3. The Morgan fingerprint density at radius 2 is 1.51 bits per heavy atom. The molecule has 10 nitrogen and oxygen atoms in total. The van der Waals surface area contributed by atoms with Crippen LogP contribution in [0.25, 0.3) is 10.8 Å². The summed E-state index contributed by atoms with van der Waals surface area (Å²) in [6.45, 7) is 6.44. The predicted octanol–water partition coefficient (Wildman–Crippen LogP) is 7.27. The van der Waals surface area contributed by atoms with E-state index in [1.54, 1.807) is 13.2 Å². The van der Waals surface area contributed by atoms with Crippen molar-refractivity contribution in [1.29, 1.82) is 0 Å². The predicted molar refractivity (Wildman–Crippen MR) is 164 cm³/mol. The van der Waals surface area contributed by atoms with E-state index < -0.39 is 0 Å². The summed E-state index contributed by atoms with van der Waals surface area (Å²) < 4.78 is 5.61. The summed E-state index contributed by atoms with van der Waals surface area (Å²) in [5.74, 6) is 1.50. The molecule has 0 amide bonds. The largest absolute Gasteiger partial charge is 0.494 e. The van der Waals surface area contributed by atoms with Gasteiger partial charge >= 0.3 is 0 Å². The molecule has 0 radical (unpaired) electrons. The van der Waals surface area contributed by atoms with Crippen LogP contribution in [-0.4, -0.2) is 40.3 Å². The molecule has 1 heterocycles. The first kappa shape index (κ1) is 27.5. The first-order chi connectivity index (χ1) is 19.9. The lowest BCUT2D eigenvalue weighted by Crippen LogP contribution is -2.12. The molecule has 0 aliphatic carbocycles. The molecule has 0 fully saturated rings. The highest BCUT2D eigenvalue weighted by molar-refractivity contribution is 5.89. The topological polar surface area (TPSA) is 129 Å². The molecular weight excluding hydrogens is 516 g/mol. The van der Waals surface area contributed by atoms with Crippen molar-refractivity contribution in [3.8, 4) is 5.75 Å². The summed E-state index contributed by atoms with van der Waals surface area (Å²) >= 11 is 0. The van der Waals surface area contributed by atoms with Crippen LogP contribution in [0.1, 0.15) is 16.7 Å². The Hall–Kier alpha value is -5.09. The Morgan fingerprint density at radius 1 is 0.756 bits per heavy atom. The lowest BCUT2D eigenvalue weighted by molar-refractivity contribution is 0.311. The number of fused-ring (bicyclic) bond motifs is 1. The number of aromatic nitrogens is 3. The van der Waals surface area contributed by atoms with Crippen LogP contribution < -0.4 is 20.7 Å². The molecule has 5 rings (SSSR count). The molecule has 208 valence electrons. The van der Waals surface area contributed by atoms with Gasteiger partial charge in [0.1, 0.15) is 5.75 Å². The van der Waals surface area contributed by atoms with Gasteiger partial charge in [-0.15, -0.1) is 0 Å². The summed E-state index contributed by atoms with van der Waals surface area (Å²) in [6.07, 6.45) is 0. The number of methoxy groups -OCH3 is 1. The number of ether oxygens (including phenoxy) is 1. The zero-order valence-electron chi connectivity index (χ0n) is 23.4. The Labute approximate surface area is 238 Å². The molecule has 0 saturated carbocycles. The van der Waals surface area contributed by atoms with Crippen LogP contribution in [0, 0.1) is 20.8 Å². The number of aliphatic hydroxyl groups is 1. The van der Waals surface area contributed by atoms with Gasteiger partial charge in [-0.2, -0.15) is 25.2 Å². The smallest absolute Gasteiger partial charge is 0.233 e. The van der Waals surface area contributed by atoms with Gasteiger partial charge in [0.05, 0.1) is 30.8 Å². The first-order valence-corrected chi connectivity index (χ1v) is 13.2. The second kappa shape index (κ2) is 12.4. The third kappa shape index (κ3) is 6.92. The maximum atomic E-state index is 9.31. The molecule has 1 aromatic heterocycles. The van der Waals surface area contributed by atoms with Crippen LogP contribution in [0.5, 0.6) is 5.75 Å². The van der Waals surface area contributed by atoms with Crippen molar-refractivity contribution in [3.63, 3.8) is 0 Å². The number of anilines is 5. The van der Waals surface area contributed by atoms with E-state index in [4.69, 9.17) is 4.74 Å². The van der Waals surface area contributed by atoms with Gasteiger partial charge in [-0.1, -0.05) is 35.9 Å². The lowest BCUT2D eigenvalue weighted by Gasteiger charge is -2.14. The quantitative estimate of drug-likeness (QED) is 0.134. The van der Waals surface area contributed by atoms with E-state index in [-0.39, 0.29) is 6.61 Å². The highest BCUT2D eigenvalue weighted by Gasteiger charge is 2.12. The number of benzene rings is 4. The molecule has 4 aromatic carbocycles. The average molecular weight is 549 g/mol. The van der Waals surface area contributed by atoms with E-state index in [0.717, 1.165) is 22.3 Å². The van der Waals surface area contributed by atoms with Gasteiger partial charge in [0, 0.05) is 18.3 Å². The number of rotatable bonds is 10. The number of hydrogen-bond donors (Lipinski definition) is 4. The van der Waals surface area contributed by atoms with E-state index in [2.05, 4.69) is 79.2 Å². The molecule has 0 aliphatic rings. The van der Waals surface area contributed by atoms with Crippen molar-refractivity contribution in [3.05, 3.63) is 89.5 Å². The third-order valence-corrected chi connectivity index (χ3v) is 6.31. The van der Waals surface area contributed by atoms with Crippen LogP contribution in [0.3, 0.4) is 0 Å². The normalized spacial score (nSPS) is 11.1. The van der Waals surface area contributed by atoms with Gasteiger partial charge < -0.3 is 25.8 Å².